The summed E-state index contributed by atoms with van der Waals surface area (Å²) in [5.74, 6) is -0.658. The molecule has 0 unspecified atom stereocenters. The fraction of sp³-hybridized carbons (Fsp3) is 0.200. The second-order valence-electron chi connectivity index (χ2n) is 4.45. The zero-order chi connectivity index (χ0) is 16.3. The van der Waals surface area contributed by atoms with Crippen LogP contribution in [0.25, 0.3) is 0 Å². The van der Waals surface area contributed by atoms with Crippen molar-refractivity contribution in [2.45, 2.75) is 12.4 Å². The van der Waals surface area contributed by atoms with Gasteiger partial charge >= 0.3 is 6.36 Å². The molecule has 0 radical (unpaired) electrons. The van der Waals surface area contributed by atoms with Crippen LogP contribution in [-0.4, -0.2) is 13.5 Å². The van der Waals surface area contributed by atoms with E-state index in [4.69, 9.17) is 10.5 Å². The highest BCUT2D eigenvalue weighted by Gasteiger charge is 2.31. The lowest BCUT2D eigenvalue weighted by Gasteiger charge is -2.17. The van der Waals surface area contributed by atoms with Crippen LogP contribution in [0.5, 0.6) is 11.5 Å². The summed E-state index contributed by atoms with van der Waals surface area (Å²) < 4.78 is 59.1. The minimum absolute atomic E-state index is 0. The normalized spacial score (nSPS) is 12.3. The molecule has 0 amide bonds. The molecular formula is C15H14ClF4NO2. The molecular weight excluding hydrogens is 338 g/mol. The maximum absolute atomic E-state index is 13.9. The van der Waals surface area contributed by atoms with Crippen LogP contribution in [0.4, 0.5) is 17.6 Å². The van der Waals surface area contributed by atoms with E-state index in [0.717, 1.165) is 12.1 Å². The summed E-state index contributed by atoms with van der Waals surface area (Å²) in [6.07, 6.45) is -4.77. The van der Waals surface area contributed by atoms with E-state index in [1.165, 1.54) is 31.4 Å². The van der Waals surface area contributed by atoms with Crippen molar-refractivity contribution < 1.29 is 27.0 Å². The third-order valence-corrected chi connectivity index (χ3v) is 3.02. The molecule has 23 heavy (non-hydrogen) atoms. The molecule has 2 aromatic carbocycles. The molecule has 8 heteroatoms. The number of rotatable bonds is 4. The van der Waals surface area contributed by atoms with Crippen LogP contribution in [0.3, 0.4) is 0 Å². The fourth-order valence-electron chi connectivity index (χ4n) is 2.04. The number of hydrogen-bond donors (Lipinski definition) is 1. The van der Waals surface area contributed by atoms with E-state index in [9.17, 15) is 17.6 Å². The highest BCUT2D eigenvalue weighted by atomic mass is 35.5. The van der Waals surface area contributed by atoms with Gasteiger partial charge in [0.1, 0.15) is 17.3 Å². The van der Waals surface area contributed by atoms with E-state index in [0.29, 0.717) is 5.56 Å². The van der Waals surface area contributed by atoms with Gasteiger partial charge in [0.25, 0.3) is 0 Å². The van der Waals surface area contributed by atoms with Crippen LogP contribution in [0.15, 0.2) is 42.5 Å². The van der Waals surface area contributed by atoms with Crippen LogP contribution in [0.1, 0.15) is 17.2 Å². The van der Waals surface area contributed by atoms with E-state index in [2.05, 4.69) is 4.74 Å². The lowest BCUT2D eigenvalue weighted by molar-refractivity contribution is -0.274. The van der Waals surface area contributed by atoms with E-state index in [1.807, 2.05) is 0 Å². The van der Waals surface area contributed by atoms with Crippen molar-refractivity contribution in [3.8, 4) is 11.5 Å². The highest BCUT2D eigenvalue weighted by molar-refractivity contribution is 5.85. The summed E-state index contributed by atoms with van der Waals surface area (Å²) in [6.45, 7) is 0. The Morgan fingerprint density at radius 1 is 1.04 bits per heavy atom. The quantitative estimate of drug-likeness (QED) is 0.839. The molecule has 0 aliphatic carbocycles. The maximum Gasteiger partial charge on any atom is 0.573 e. The number of alkyl halides is 3. The van der Waals surface area contributed by atoms with Crippen LogP contribution in [0.2, 0.25) is 0 Å². The summed E-state index contributed by atoms with van der Waals surface area (Å²) in [7, 11) is 1.38. The number of methoxy groups -OCH3 is 1. The summed E-state index contributed by atoms with van der Waals surface area (Å²) in [5.41, 5.74) is 6.55. The first kappa shape index (κ1) is 19.1. The molecule has 0 saturated carbocycles. The van der Waals surface area contributed by atoms with Crippen LogP contribution in [0, 0.1) is 5.82 Å². The third kappa shape index (κ3) is 4.74. The van der Waals surface area contributed by atoms with E-state index in [1.54, 1.807) is 6.07 Å². The third-order valence-electron chi connectivity index (χ3n) is 3.02. The van der Waals surface area contributed by atoms with Gasteiger partial charge in [0, 0.05) is 0 Å². The molecule has 0 aromatic heterocycles. The average Bonchev–Trinajstić information content (AvgIpc) is 2.45. The number of ether oxygens (including phenoxy) is 2. The molecule has 2 rings (SSSR count). The van der Waals surface area contributed by atoms with Gasteiger partial charge in [0.2, 0.25) is 0 Å². The molecule has 3 nitrogen and oxygen atoms in total. The molecule has 2 aromatic rings. The summed E-state index contributed by atoms with van der Waals surface area (Å²) >= 11 is 0. The van der Waals surface area contributed by atoms with E-state index >= 15 is 0 Å². The SMILES string of the molecule is COc1cccc(F)c1[C@H](N)c1ccc(OC(F)(F)F)cc1.Cl. The first-order chi connectivity index (χ1) is 10.3. The zero-order valence-corrected chi connectivity index (χ0v) is 12.7. The Bertz CT molecular complexity index is 647. The van der Waals surface area contributed by atoms with Crippen molar-refractivity contribution >= 4 is 12.4 Å². The van der Waals surface area contributed by atoms with Crippen molar-refractivity contribution in [2.24, 2.45) is 5.73 Å². The van der Waals surface area contributed by atoms with Crippen molar-refractivity contribution in [2.75, 3.05) is 7.11 Å². The van der Waals surface area contributed by atoms with Crippen molar-refractivity contribution in [1.29, 1.82) is 0 Å². The lowest BCUT2D eigenvalue weighted by Crippen LogP contribution is -2.17. The van der Waals surface area contributed by atoms with Crippen molar-refractivity contribution in [3.05, 3.63) is 59.4 Å². The highest BCUT2D eigenvalue weighted by Crippen LogP contribution is 2.32. The van der Waals surface area contributed by atoms with Gasteiger partial charge in [-0.25, -0.2) is 4.39 Å². The molecule has 0 fully saturated rings. The number of nitrogens with two attached hydrogens (primary N) is 1. The standard InChI is InChI=1S/C15H13F4NO2.ClH/c1-21-12-4-2-3-11(16)13(12)14(20)9-5-7-10(8-6-9)22-15(17,18)19;/h2-8,14H,20H2,1H3;1H/t14-;/m1./s1. The fourth-order valence-corrected chi connectivity index (χ4v) is 2.04. The van der Waals surface area contributed by atoms with Gasteiger partial charge < -0.3 is 15.2 Å². The van der Waals surface area contributed by atoms with E-state index in [-0.39, 0.29) is 29.5 Å². The summed E-state index contributed by atoms with van der Waals surface area (Å²) in [6, 6.07) is 8.32. The summed E-state index contributed by atoms with van der Waals surface area (Å²) in [4.78, 5) is 0. The van der Waals surface area contributed by atoms with Gasteiger partial charge in [-0.3, -0.25) is 0 Å². The van der Waals surface area contributed by atoms with Gasteiger partial charge in [-0.05, 0) is 29.8 Å². The molecule has 1 atom stereocenters. The Hall–Kier alpha value is -1.99. The smallest absolute Gasteiger partial charge is 0.496 e. The summed E-state index contributed by atoms with van der Waals surface area (Å²) in [5, 5.41) is 0. The van der Waals surface area contributed by atoms with E-state index < -0.39 is 18.2 Å². The molecule has 0 spiro atoms. The van der Waals surface area contributed by atoms with Gasteiger partial charge in [-0.15, -0.1) is 25.6 Å². The zero-order valence-electron chi connectivity index (χ0n) is 11.9. The molecule has 126 valence electrons. The van der Waals surface area contributed by atoms with Gasteiger partial charge in [-0.2, -0.15) is 0 Å². The Morgan fingerprint density at radius 3 is 2.17 bits per heavy atom. The van der Waals surface area contributed by atoms with Gasteiger partial charge in [0.05, 0.1) is 18.7 Å². The molecule has 0 aliphatic rings. The van der Waals surface area contributed by atoms with Crippen LogP contribution in [-0.2, 0) is 0 Å². The minimum atomic E-state index is -4.77. The first-order valence-electron chi connectivity index (χ1n) is 6.25. The van der Waals surface area contributed by atoms with Crippen LogP contribution < -0.4 is 15.2 Å². The number of benzene rings is 2. The topological polar surface area (TPSA) is 44.5 Å². The molecule has 0 saturated heterocycles. The first-order valence-corrected chi connectivity index (χ1v) is 6.25. The maximum atomic E-state index is 13.9. The van der Waals surface area contributed by atoms with Gasteiger partial charge in [-0.1, -0.05) is 18.2 Å². The van der Waals surface area contributed by atoms with Crippen molar-refractivity contribution in [3.63, 3.8) is 0 Å². The second-order valence-corrected chi connectivity index (χ2v) is 4.45. The lowest BCUT2D eigenvalue weighted by atomic mass is 9.98. The van der Waals surface area contributed by atoms with Crippen molar-refractivity contribution in [1.82, 2.24) is 0 Å². The number of halogens is 5. The average molecular weight is 352 g/mol. The predicted octanol–water partition coefficient (Wildman–Crippen LogP) is 4.20. The Labute approximate surface area is 136 Å². The molecule has 2 N–H and O–H groups in total. The minimum Gasteiger partial charge on any atom is -0.496 e. The Morgan fingerprint density at radius 2 is 1.65 bits per heavy atom. The Kier molecular flexibility index (Phi) is 6.23. The van der Waals surface area contributed by atoms with Gasteiger partial charge in [0.15, 0.2) is 0 Å². The predicted molar refractivity (Wildman–Crippen MR) is 79.4 cm³/mol. The largest absolute Gasteiger partial charge is 0.573 e. The Balaban J connectivity index is 0.00000264. The molecule has 0 bridgehead atoms. The number of hydrogen-bond acceptors (Lipinski definition) is 3. The molecule has 0 heterocycles. The van der Waals surface area contributed by atoms with Crippen LogP contribution >= 0.6 is 12.4 Å². The molecule has 0 aliphatic heterocycles. The monoisotopic (exact) mass is 351 g/mol. The second kappa shape index (κ2) is 7.52.